The molecule has 0 spiro atoms. The standard InChI is InChI=1S/C25H32N4O3S/c1-4-6-14-29(15-7-5-2)33(31,32)23-11-9-8-10-21(23)27-28-25-20(26)13-12-19-16-18(3)17-22(30)24(19)25/h8-13,16-17,30H,4-7,14-15,26H2,1-3H3. The number of azo groups is 1. The van der Waals surface area contributed by atoms with Crippen LogP contribution >= 0.6 is 0 Å². The van der Waals surface area contributed by atoms with Gasteiger partial charge in [-0.3, -0.25) is 0 Å². The van der Waals surface area contributed by atoms with Crippen LogP contribution in [0.5, 0.6) is 5.75 Å². The highest BCUT2D eigenvalue weighted by Crippen LogP contribution is 2.40. The van der Waals surface area contributed by atoms with Gasteiger partial charge in [-0.1, -0.05) is 51.0 Å². The fraction of sp³-hybridized carbons (Fsp3) is 0.360. The number of nitrogens with two attached hydrogens (primary N) is 1. The van der Waals surface area contributed by atoms with Gasteiger partial charge in [0.1, 0.15) is 22.0 Å². The van der Waals surface area contributed by atoms with Gasteiger partial charge in [0.15, 0.2) is 0 Å². The largest absolute Gasteiger partial charge is 0.507 e. The van der Waals surface area contributed by atoms with Gasteiger partial charge in [0, 0.05) is 13.1 Å². The van der Waals surface area contributed by atoms with Crippen LogP contribution in [-0.4, -0.2) is 30.9 Å². The van der Waals surface area contributed by atoms with Gasteiger partial charge in [-0.2, -0.15) is 4.31 Å². The molecular formula is C25H32N4O3S. The van der Waals surface area contributed by atoms with E-state index in [0.29, 0.717) is 29.9 Å². The summed E-state index contributed by atoms with van der Waals surface area (Å²) in [7, 11) is -3.75. The highest BCUT2D eigenvalue weighted by Gasteiger charge is 2.26. The first-order chi connectivity index (χ1) is 15.8. The van der Waals surface area contributed by atoms with Crippen LogP contribution in [0.4, 0.5) is 17.1 Å². The summed E-state index contributed by atoms with van der Waals surface area (Å²) in [5.41, 5.74) is 7.95. The molecule has 3 N–H and O–H groups in total. The van der Waals surface area contributed by atoms with Gasteiger partial charge in [0.25, 0.3) is 0 Å². The maximum Gasteiger partial charge on any atom is 0.245 e. The van der Waals surface area contributed by atoms with Crippen LogP contribution in [0.15, 0.2) is 63.7 Å². The second kappa shape index (κ2) is 10.8. The second-order valence-electron chi connectivity index (χ2n) is 8.16. The summed E-state index contributed by atoms with van der Waals surface area (Å²) < 4.78 is 28.6. The first-order valence-corrected chi connectivity index (χ1v) is 12.8. The molecule has 0 bridgehead atoms. The number of unbranched alkanes of at least 4 members (excludes halogenated alkanes) is 2. The zero-order valence-electron chi connectivity index (χ0n) is 19.5. The number of phenols is 1. The molecule has 0 heterocycles. The van der Waals surface area contributed by atoms with Crippen molar-refractivity contribution in [2.45, 2.75) is 51.3 Å². The number of hydrogen-bond acceptors (Lipinski definition) is 6. The Kier molecular flexibility index (Phi) is 8.05. The summed E-state index contributed by atoms with van der Waals surface area (Å²) in [6, 6.07) is 13.7. The van der Waals surface area contributed by atoms with Crippen molar-refractivity contribution in [3.8, 4) is 5.75 Å². The molecule has 8 heteroatoms. The van der Waals surface area contributed by atoms with Crippen molar-refractivity contribution in [2.24, 2.45) is 10.2 Å². The van der Waals surface area contributed by atoms with E-state index in [1.165, 1.54) is 4.31 Å². The number of benzene rings is 3. The first-order valence-electron chi connectivity index (χ1n) is 11.3. The van der Waals surface area contributed by atoms with Crippen molar-refractivity contribution in [2.75, 3.05) is 18.8 Å². The molecule has 0 saturated heterocycles. The summed E-state index contributed by atoms with van der Waals surface area (Å²) in [4.78, 5) is 0.111. The van der Waals surface area contributed by atoms with Gasteiger partial charge in [-0.25, -0.2) is 8.42 Å². The summed E-state index contributed by atoms with van der Waals surface area (Å²) in [6.45, 7) is 6.90. The average molecular weight is 469 g/mol. The SMILES string of the molecule is CCCCN(CCCC)S(=O)(=O)c1ccccc1N=Nc1c(N)ccc2cc(C)cc(O)c12. The first kappa shape index (κ1) is 24.7. The monoisotopic (exact) mass is 468 g/mol. The van der Waals surface area contributed by atoms with E-state index in [1.807, 2.05) is 32.9 Å². The van der Waals surface area contributed by atoms with E-state index in [-0.39, 0.29) is 16.3 Å². The van der Waals surface area contributed by atoms with E-state index in [9.17, 15) is 13.5 Å². The topological polar surface area (TPSA) is 108 Å². The van der Waals surface area contributed by atoms with Crippen molar-refractivity contribution < 1.29 is 13.5 Å². The molecule has 0 aliphatic rings. The molecule has 0 aromatic heterocycles. The predicted octanol–water partition coefficient (Wildman–Crippen LogP) is 6.44. The summed E-state index contributed by atoms with van der Waals surface area (Å²) in [5, 5.41) is 20.4. The second-order valence-corrected chi connectivity index (χ2v) is 10.1. The smallest absolute Gasteiger partial charge is 0.245 e. The van der Waals surface area contributed by atoms with Crippen LogP contribution < -0.4 is 5.73 Å². The Balaban J connectivity index is 2.07. The van der Waals surface area contributed by atoms with Crippen LogP contribution in [0, 0.1) is 6.92 Å². The lowest BCUT2D eigenvalue weighted by Gasteiger charge is -2.22. The van der Waals surface area contributed by atoms with E-state index < -0.39 is 10.0 Å². The number of nitrogens with zero attached hydrogens (tertiary/aromatic N) is 3. The third-order valence-electron chi connectivity index (χ3n) is 5.51. The molecule has 3 rings (SSSR count). The third kappa shape index (κ3) is 5.51. The molecule has 0 atom stereocenters. The molecule has 7 nitrogen and oxygen atoms in total. The van der Waals surface area contributed by atoms with Gasteiger partial charge in [0.2, 0.25) is 10.0 Å². The van der Waals surface area contributed by atoms with Crippen LogP contribution in [0.1, 0.15) is 45.1 Å². The Morgan fingerprint density at radius 1 is 0.970 bits per heavy atom. The van der Waals surface area contributed by atoms with Gasteiger partial charge >= 0.3 is 0 Å². The van der Waals surface area contributed by atoms with E-state index in [1.54, 1.807) is 36.4 Å². The molecule has 3 aromatic rings. The summed E-state index contributed by atoms with van der Waals surface area (Å²) >= 11 is 0. The Morgan fingerprint density at radius 3 is 2.30 bits per heavy atom. The van der Waals surface area contributed by atoms with Crippen molar-refractivity contribution in [3.63, 3.8) is 0 Å². The predicted molar refractivity (Wildman–Crippen MR) is 134 cm³/mol. The molecular weight excluding hydrogens is 436 g/mol. The van der Waals surface area contributed by atoms with Crippen molar-refractivity contribution in [1.29, 1.82) is 0 Å². The highest BCUT2D eigenvalue weighted by molar-refractivity contribution is 7.89. The van der Waals surface area contributed by atoms with E-state index in [4.69, 9.17) is 5.73 Å². The van der Waals surface area contributed by atoms with Gasteiger partial charge < -0.3 is 10.8 Å². The fourth-order valence-corrected chi connectivity index (χ4v) is 5.36. The Labute approximate surface area is 196 Å². The van der Waals surface area contributed by atoms with Crippen LogP contribution in [0.3, 0.4) is 0 Å². The Morgan fingerprint density at radius 2 is 1.64 bits per heavy atom. The maximum absolute atomic E-state index is 13.5. The molecule has 0 radical (unpaired) electrons. The minimum Gasteiger partial charge on any atom is -0.507 e. The molecule has 3 aromatic carbocycles. The van der Waals surface area contributed by atoms with Crippen LogP contribution in [-0.2, 0) is 10.0 Å². The zero-order valence-corrected chi connectivity index (χ0v) is 20.3. The summed E-state index contributed by atoms with van der Waals surface area (Å²) in [6.07, 6.45) is 3.39. The van der Waals surface area contributed by atoms with Crippen molar-refractivity contribution in [3.05, 3.63) is 54.1 Å². The maximum atomic E-state index is 13.5. The number of anilines is 1. The molecule has 33 heavy (non-hydrogen) atoms. The van der Waals surface area contributed by atoms with E-state index in [0.717, 1.165) is 36.6 Å². The molecule has 0 aliphatic heterocycles. The Bertz CT molecular complexity index is 1250. The van der Waals surface area contributed by atoms with Gasteiger partial charge in [-0.15, -0.1) is 10.2 Å². The number of aryl methyl sites for hydroxylation is 1. The number of sulfonamides is 1. The number of fused-ring (bicyclic) bond motifs is 1. The lowest BCUT2D eigenvalue weighted by atomic mass is 10.0. The lowest BCUT2D eigenvalue weighted by Crippen LogP contribution is -2.33. The molecule has 0 fully saturated rings. The quantitative estimate of drug-likeness (QED) is 0.263. The molecule has 0 saturated carbocycles. The zero-order chi connectivity index (χ0) is 24.0. The number of hydrogen-bond donors (Lipinski definition) is 2. The molecule has 176 valence electrons. The average Bonchev–Trinajstić information content (AvgIpc) is 2.78. The van der Waals surface area contributed by atoms with Crippen LogP contribution in [0.25, 0.3) is 10.8 Å². The normalized spacial score (nSPS) is 12.2. The van der Waals surface area contributed by atoms with E-state index in [2.05, 4.69) is 10.2 Å². The number of rotatable bonds is 10. The van der Waals surface area contributed by atoms with E-state index >= 15 is 0 Å². The lowest BCUT2D eigenvalue weighted by molar-refractivity contribution is 0.395. The van der Waals surface area contributed by atoms with Crippen molar-refractivity contribution >= 4 is 37.9 Å². The number of phenolic OH excluding ortho intramolecular Hbond substituents is 1. The highest BCUT2D eigenvalue weighted by atomic mass is 32.2. The number of aromatic hydroxyl groups is 1. The van der Waals surface area contributed by atoms with Crippen LogP contribution in [0.2, 0.25) is 0 Å². The Hall–Kier alpha value is -2.97. The molecule has 0 aliphatic carbocycles. The van der Waals surface area contributed by atoms with Gasteiger partial charge in [-0.05, 0) is 55.0 Å². The number of nitrogen functional groups attached to an aromatic ring is 1. The van der Waals surface area contributed by atoms with Crippen molar-refractivity contribution in [1.82, 2.24) is 4.31 Å². The third-order valence-corrected chi connectivity index (χ3v) is 7.45. The van der Waals surface area contributed by atoms with Gasteiger partial charge in [0.05, 0.1) is 11.1 Å². The summed E-state index contributed by atoms with van der Waals surface area (Å²) in [5.74, 6) is 0.0532. The molecule has 0 unspecified atom stereocenters. The molecule has 0 amide bonds. The minimum atomic E-state index is -3.75. The fourth-order valence-electron chi connectivity index (χ4n) is 3.72. The minimum absolute atomic E-state index is 0.0532.